The first-order valence-corrected chi connectivity index (χ1v) is 6.79. The van der Waals surface area contributed by atoms with Crippen molar-refractivity contribution < 1.29 is 14.6 Å². The molecule has 1 aliphatic heterocycles. The number of rotatable bonds is 5. The van der Waals surface area contributed by atoms with Crippen LogP contribution in [0, 0.1) is 0 Å². The maximum absolute atomic E-state index is 8.97. The van der Waals surface area contributed by atoms with Crippen molar-refractivity contribution in [2.24, 2.45) is 0 Å². The topological polar surface area (TPSA) is 71.2 Å². The number of nitrogen functional groups attached to an aromatic ring is 1. The van der Waals surface area contributed by atoms with Crippen LogP contribution in [-0.2, 0) is 0 Å². The number of piperazine rings is 1. The Morgan fingerprint density at radius 3 is 2.25 bits per heavy atom. The predicted octanol–water partition coefficient (Wildman–Crippen LogP) is 0.400. The third-order valence-electron chi connectivity index (χ3n) is 3.66. The molecular formula is C14H23N3O3. The highest BCUT2D eigenvalue weighted by Gasteiger charge is 2.20. The third-order valence-corrected chi connectivity index (χ3v) is 3.66. The first-order valence-electron chi connectivity index (χ1n) is 6.79. The van der Waals surface area contributed by atoms with Crippen molar-refractivity contribution in [3.63, 3.8) is 0 Å². The van der Waals surface area contributed by atoms with Crippen LogP contribution in [0.15, 0.2) is 12.1 Å². The Morgan fingerprint density at radius 1 is 1.10 bits per heavy atom. The number of aliphatic hydroxyl groups is 1. The van der Waals surface area contributed by atoms with Gasteiger partial charge in [0.25, 0.3) is 0 Å². The van der Waals surface area contributed by atoms with E-state index in [0.29, 0.717) is 17.2 Å². The lowest BCUT2D eigenvalue weighted by atomic mass is 10.2. The molecule has 3 N–H and O–H groups in total. The van der Waals surface area contributed by atoms with Gasteiger partial charge < -0.3 is 25.2 Å². The monoisotopic (exact) mass is 281 g/mol. The van der Waals surface area contributed by atoms with Crippen molar-refractivity contribution in [3.05, 3.63) is 12.1 Å². The largest absolute Gasteiger partial charge is 0.493 e. The summed E-state index contributed by atoms with van der Waals surface area (Å²) in [4.78, 5) is 4.48. The molecule has 112 valence electrons. The second kappa shape index (κ2) is 6.67. The van der Waals surface area contributed by atoms with E-state index in [0.717, 1.165) is 38.4 Å². The van der Waals surface area contributed by atoms with Crippen LogP contribution >= 0.6 is 0 Å². The van der Waals surface area contributed by atoms with Gasteiger partial charge in [-0.25, -0.2) is 0 Å². The van der Waals surface area contributed by atoms with Gasteiger partial charge in [-0.1, -0.05) is 0 Å². The lowest BCUT2D eigenvalue weighted by Crippen LogP contribution is -2.47. The molecule has 1 saturated heterocycles. The summed E-state index contributed by atoms with van der Waals surface area (Å²) < 4.78 is 10.6. The SMILES string of the molecule is COc1cc(N)c(N2CCN(CCO)CC2)cc1OC. The van der Waals surface area contributed by atoms with Gasteiger partial charge in [0.1, 0.15) is 0 Å². The van der Waals surface area contributed by atoms with Crippen molar-refractivity contribution in [1.29, 1.82) is 0 Å². The Bertz CT molecular complexity index is 446. The number of hydrogen-bond donors (Lipinski definition) is 2. The Labute approximate surface area is 119 Å². The minimum atomic E-state index is 0.207. The van der Waals surface area contributed by atoms with Gasteiger partial charge in [-0.2, -0.15) is 0 Å². The number of ether oxygens (including phenoxy) is 2. The summed E-state index contributed by atoms with van der Waals surface area (Å²) in [6, 6.07) is 3.73. The molecule has 0 aromatic heterocycles. The average molecular weight is 281 g/mol. The second-order valence-corrected chi connectivity index (χ2v) is 4.82. The van der Waals surface area contributed by atoms with Crippen molar-refractivity contribution in [2.75, 3.05) is 64.2 Å². The van der Waals surface area contributed by atoms with Crippen LogP contribution in [-0.4, -0.2) is 63.6 Å². The highest BCUT2D eigenvalue weighted by molar-refractivity contribution is 5.73. The molecule has 0 saturated carbocycles. The first kappa shape index (κ1) is 14.7. The minimum absolute atomic E-state index is 0.207. The zero-order valence-corrected chi connectivity index (χ0v) is 12.1. The van der Waals surface area contributed by atoms with Gasteiger partial charge in [0.05, 0.1) is 32.2 Å². The van der Waals surface area contributed by atoms with E-state index in [2.05, 4.69) is 9.80 Å². The molecule has 6 heteroatoms. The van der Waals surface area contributed by atoms with Gasteiger partial charge >= 0.3 is 0 Å². The minimum Gasteiger partial charge on any atom is -0.493 e. The summed E-state index contributed by atoms with van der Waals surface area (Å²) in [5.74, 6) is 1.34. The van der Waals surface area contributed by atoms with Gasteiger partial charge in [0.15, 0.2) is 11.5 Å². The molecule has 6 nitrogen and oxygen atoms in total. The number of hydrogen-bond acceptors (Lipinski definition) is 6. The normalized spacial score (nSPS) is 16.2. The van der Waals surface area contributed by atoms with Gasteiger partial charge in [-0.3, -0.25) is 4.90 Å². The van der Waals surface area contributed by atoms with E-state index in [4.69, 9.17) is 20.3 Å². The number of aliphatic hydroxyl groups excluding tert-OH is 1. The van der Waals surface area contributed by atoms with Crippen molar-refractivity contribution >= 4 is 11.4 Å². The molecule has 0 radical (unpaired) electrons. The molecule has 0 amide bonds. The number of benzene rings is 1. The number of anilines is 2. The molecule has 1 aliphatic rings. The number of nitrogens with two attached hydrogens (primary N) is 1. The summed E-state index contributed by atoms with van der Waals surface area (Å²) in [6.45, 7) is 4.57. The predicted molar refractivity (Wildman–Crippen MR) is 79.7 cm³/mol. The lowest BCUT2D eigenvalue weighted by Gasteiger charge is -2.36. The average Bonchev–Trinajstić information content (AvgIpc) is 2.48. The van der Waals surface area contributed by atoms with E-state index in [-0.39, 0.29) is 6.61 Å². The van der Waals surface area contributed by atoms with Crippen LogP contribution in [0.25, 0.3) is 0 Å². The maximum atomic E-state index is 8.97. The summed E-state index contributed by atoms with van der Waals surface area (Å²) >= 11 is 0. The Hall–Kier alpha value is -1.66. The van der Waals surface area contributed by atoms with Gasteiger partial charge in [-0.15, -0.1) is 0 Å². The number of β-amino-alcohol motifs (C(OH)–C–C–N with tert-alkyl or cyclic N) is 1. The molecule has 0 spiro atoms. The molecule has 2 rings (SSSR count). The number of nitrogens with zero attached hydrogens (tertiary/aromatic N) is 2. The molecule has 0 atom stereocenters. The lowest BCUT2D eigenvalue weighted by molar-refractivity contribution is 0.189. The van der Waals surface area contributed by atoms with E-state index in [9.17, 15) is 0 Å². The maximum Gasteiger partial charge on any atom is 0.162 e. The van der Waals surface area contributed by atoms with Crippen LogP contribution in [0.1, 0.15) is 0 Å². The highest BCUT2D eigenvalue weighted by atomic mass is 16.5. The molecular weight excluding hydrogens is 258 g/mol. The van der Waals surface area contributed by atoms with Crippen LogP contribution in [0.3, 0.4) is 0 Å². The smallest absolute Gasteiger partial charge is 0.162 e. The highest BCUT2D eigenvalue weighted by Crippen LogP contribution is 2.37. The second-order valence-electron chi connectivity index (χ2n) is 4.82. The molecule has 1 aromatic carbocycles. The summed E-state index contributed by atoms with van der Waals surface area (Å²) in [7, 11) is 3.22. The zero-order chi connectivity index (χ0) is 14.5. The molecule has 1 heterocycles. The molecule has 0 bridgehead atoms. The molecule has 1 fully saturated rings. The Morgan fingerprint density at radius 2 is 1.70 bits per heavy atom. The van der Waals surface area contributed by atoms with E-state index in [1.54, 1.807) is 20.3 Å². The fourth-order valence-corrected chi connectivity index (χ4v) is 2.51. The molecule has 20 heavy (non-hydrogen) atoms. The van der Waals surface area contributed by atoms with Gasteiger partial charge in [0, 0.05) is 44.9 Å². The van der Waals surface area contributed by atoms with Crippen molar-refractivity contribution in [1.82, 2.24) is 4.90 Å². The molecule has 0 unspecified atom stereocenters. The Balaban J connectivity index is 2.13. The standard InChI is InChI=1S/C14H23N3O3/c1-19-13-9-11(15)12(10-14(13)20-2)17-5-3-16(4-6-17)7-8-18/h9-10,18H,3-8,15H2,1-2H3. The zero-order valence-electron chi connectivity index (χ0n) is 12.1. The van der Waals surface area contributed by atoms with E-state index in [1.165, 1.54) is 0 Å². The van der Waals surface area contributed by atoms with Crippen molar-refractivity contribution in [2.45, 2.75) is 0 Å². The van der Waals surface area contributed by atoms with E-state index in [1.807, 2.05) is 6.07 Å². The van der Waals surface area contributed by atoms with Crippen LogP contribution in [0.2, 0.25) is 0 Å². The van der Waals surface area contributed by atoms with Crippen LogP contribution in [0.5, 0.6) is 11.5 Å². The summed E-state index contributed by atoms with van der Waals surface area (Å²) in [5.41, 5.74) is 7.78. The van der Waals surface area contributed by atoms with Crippen LogP contribution < -0.4 is 20.1 Å². The fraction of sp³-hybridized carbons (Fsp3) is 0.571. The van der Waals surface area contributed by atoms with Crippen LogP contribution in [0.4, 0.5) is 11.4 Å². The van der Waals surface area contributed by atoms with Gasteiger partial charge in [0.2, 0.25) is 0 Å². The molecule has 0 aliphatic carbocycles. The van der Waals surface area contributed by atoms with Crippen molar-refractivity contribution in [3.8, 4) is 11.5 Å². The summed E-state index contributed by atoms with van der Waals surface area (Å²) in [6.07, 6.45) is 0. The van der Waals surface area contributed by atoms with E-state index >= 15 is 0 Å². The first-order chi connectivity index (χ1) is 9.69. The fourth-order valence-electron chi connectivity index (χ4n) is 2.51. The quantitative estimate of drug-likeness (QED) is 0.761. The summed E-state index contributed by atoms with van der Waals surface area (Å²) in [5, 5.41) is 8.97. The third kappa shape index (κ3) is 3.08. The van der Waals surface area contributed by atoms with Gasteiger partial charge in [-0.05, 0) is 0 Å². The Kier molecular flexibility index (Phi) is 4.92. The molecule has 1 aromatic rings. The number of methoxy groups -OCH3 is 2. The van der Waals surface area contributed by atoms with E-state index < -0.39 is 0 Å².